The van der Waals surface area contributed by atoms with Gasteiger partial charge in [-0.2, -0.15) is 5.26 Å². The van der Waals surface area contributed by atoms with Crippen LogP contribution in [0.15, 0.2) is 48.8 Å². The molecular formula is C13H12BN2O2+. The predicted octanol–water partition coefficient (Wildman–Crippen LogP) is -0.426. The van der Waals surface area contributed by atoms with Gasteiger partial charge in [0.2, 0.25) is 0 Å². The summed E-state index contributed by atoms with van der Waals surface area (Å²) in [5.74, 6) is 0. The summed E-state index contributed by atoms with van der Waals surface area (Å²) in [7, 11) is -1.43. The lowest BCUT2D eigenvalue weighted by Gasteiger charge is -2.01. The number of pyridine rings is 1. The topological polar surface area (TPSA) is 68.1 Å². The van der Waals surface area contributed by atoms with Crippen molar-refractivity contribution in [2.45, 2.75) is 6.54 Å². The summed E-state index contributed by atoms with van der Waals surface area (Å²) in [5, 5.41) is 26.7. The lowest BCUT2D eigenvalue weighted by molar-refractivity contribution is -0.688. The number of rotatable bonds is 3. The SMILES string of the molecule is [15N]#Cc1cc[n+](Cc2ccc(B(O)O)cc2)cc1. The maximum absolute atomic E-state index is 8.98. The molecule has 1 heterocycles. The minimum absolute atomic E-state index is 0.476. The zero-order valence-corrected chi connectivity index (χ0v) is 9.69. The molecule has 0 aliphatic carbocycles. The van der Waals surface area contributed by atoms with E-state index in [0.29, 0.717) is 17.6 Å². The van der Waals surface area contributed by atoms with Crippen LogP contribution in [0.4, 0.5) is 0 Å². The van der Waals surface area contributed by atoms with Crippen molar-refractivity contribution in [2.24, 2.45) is 0 Å². The molecular weight excluding hydrogens is 228 g/mol. The second-order valence-corrected chi connectivity index (χ2v) is 3.99. The highest BCUT2D eigenvalue weighted by molar-refractivity contribution is 6.58. The summed E-state index contributed by atoms with van der Waals surface area (Å²) in [6, 6.07) is 12.6. The molecule has 0 aliphatic rings. The van der Waals surface area contributed by atoms with Crippen LogP contribution < -0.4 is 10.0 Å². The van der Waals surface area contributed by atoms with E-state index in [1.54, 1.807) is 24.3 Å². The fourth-order valence-corrected chi connectivity index (χ4v) is 1.64. The first-order valence-corrected chi connectivity index (χ1v) is 5.53. The van der Waals surface area contributed by atoms with E-state index in [1.807, 2.05) is 29.1 Å². The van der Waals surface area contributed by atoms with Crippen LogP contribution in [0.3, 0.4) is 0 Å². The minimum atomic E-state index is -1.43. The van der Waals surface area contributed by atoms with Gasteiger partial charge in [0, 0.05) is 17.7 Å². The van der Waals surface area contributed by atoms with Crippen LogP contribution in [0.1, 0.15) is 11.1 Å². The van der Waals surface area contributed by atoms with E-state index in [4.69, 9.17) is 15.3 Å². The normalized spacial score (nSPS) is 9.83. The zero-order chi connectivity index (χ0) is 13.0. The number of benzene rings is 1. The van der Waals surface area contributed by atoms with E-state index in [1.165, 1.54) is 0 Å². The van der Waals surface area contributed by atoms with Gasteiger partial charge in [-0.3, -0.25) is 0 Å². The zero-order valence-electron chi connectivity index (χ0n) is 9.69. The summed E-state index contributed by atoms with van der Waals surface area (Å²) in [6.45, 7) is 0.674. The highest BCUT2D eigenvalue weighted by atomic mass is 16.4. The number of hydrogen-bond acceptors (Lipinski definition) is 3. The van der Waals surface area contributed by atoms with Crippen LogP contribution in [-0.4, -0.2) is 17.2 Å². The van der Waals surface area contributed by atoms with Crippen LogP contribution in [-0.2, 0) is 6.54 Å². The summed E-state index contributed by atoms with van der Waals surface area (Å²) in [4.78, 5) is 0. The van der Waals surface area contributed by atoms with Gasteiger partial charge in [-0.15, -0.1) is 0 Å². The Labute approximate surface area is 106 Å². The molecule has 0 fully saturated rings. The number of nitrogens with zero attached hydrogens (tertiary/aromatic N) is 2. The third-order valence-electron chi connectivity index (χ3n) is 2.66. The Morgan fingerprint density at radius 1 is 1.06 bits per heavy atom. The quantitative estimate of drug-likeness (QED) is 0.434. The Kier molecular flexibility index (Phi) is 3.73. The molecule has 0 aliphatic heterocycles. The van der Waals surface area contributed by atoms with E-state index >= 15 is 0 Å². The highest BCUT2D eigenvalue weighted by Gasteiger charge is 2.10. The number of aromatic nitrogens is 1. The molecule has 0 bridgehead atoms. The Morgan fingerprint density at radius 2 is 1.67 bits per heavy atom. The van der Waals surface area contributed by atoms with Crippen molar-refractivity contribution < 1.29 is 14.6 Å². The molecule has 0 saturated carbocycles. The fourth-order valence-electron chi connectivity index (χ4n) is 1.64. The first-order valence-electron chi connectivity index (χ1n) is 5.53. The van der Waals surface area contributed by atoms with E-state index in [2.05, 4.69) is 6.07 Å². The Bertz CT molecular complexity index is 559. The van der Waals surface area contributed by atoms with Crippen molar-refractivity contribution in [1.29, 1.82) is 5.26 Å². The molecule has 1 aromatic heterocycles. The lowest BCUT2D eigenvalue weighted by atomic mass is 9.80. The fraction of sp³-hybridized carbons (Fsp3) is 0.0769. The third kappa shape index (κ3) is 2.95. The maximum atomic E-state index is 8.98. The summed E-state index contributed by atoms with van der Waals surface area (Å²) in [6.07, 6.45) is 3.68. The highest BCUT2D eigenvalue weighted by Crippen LogP contribution is 1.98. The molecule has 2 aromatic rings. The molecule has 0 spiro atoms. The Hall–Kier alpha value is -2.16. The van der Waals surface area contributed by atoms with Crippen LogP contribution >= 0.6 is 0 Å². The van der Waals surface area contributed by atoms with Gasteiger partial charge in [-0.25, -0.2) is 4.57 Å². The second-order valence-electron chi connectivity index (χ2n) is 3.99. The van der Waals surface area contributed by atoms with Crippen LogP contribution in [0.2, 0.25) is 0 Å². The largest absolute Gasteiger partial charge is 0.488 e. The van der Waals surface area contributed by atoms with Gasteiger partial charge in [0.05, 0.1) is 11.6 Å². The minimum Gasteiger partial charge on any atom is -0.423 e. The number of hydrogen-bond donors (Lipinski definition) is 2. The number of nitriles is 1. The van der Waals surface area contributed by atoms with E-state index in [-0.39, 0.29) is 0 Å². The molecule has 18 heavy (non-hydrogen) atoms. The van der Waals surface area contributed by atoms with Gasteiger partial charge in [0.1, 0.15) is 0 Å². The molecule has 1 aromatic carbocycles. The van der Waals surface area contributed by atoms with Crippen LogP contribution in [0.5, 0.6) is 0 Å². The predicted molar refractivity (Wildman–Crippen MR) is 66.7 cm³/mol. The Morgan fingerprint density at radius 3 is 2.17 bits per heavy atom. The van der Waals surface area contributed by atoms with E-state index < -0.39 is 7.12 Å². The van der Waals surface area contributed by atoms with Gasteiger partial charge >= 0.3 is 7.12 Å². The van der Waals surface area contributed by atoms with Gasteiger partial charge < -0.3 is 10.0 Å². The molecule has 0 atom stereocenters. The van der Waals surface area contributed by atoms with Crippen molar-refractivity contribution in [3.63, 3.8) is 0 Å². The molecule has 0 amide bonds. The van der Waals surface area contributed by atoms with Crippen LogP contribution in [0, 0.1) is 11.3 Å². The molecule has 5 heteroatoms. The van der Waals surface area contributed by atoms with E-state index in [0.717, 1.165) is 5.56 Å². The molecule has 88 valence electrons. The van der Waals surface area contributed by atoms with Crippen molar-refractivity contribution in [3.8, 4) is 6.07 Å². The smallest absolute Gasteiger partial charge is 0.423 e. The first-order chi connectivity index (χ1) is 8.69. The third-order valence-corrected chi connectivity index (χ3v) is 2.66. The van der Waals surface area contributed by atoms with Gasteiger partial charge in [0.25, 0.3) is 0 Å². The van der Waals surface area contributed by atoms with Crippen molar-refractivity contribution >= 4 is 12.6 Å². The first kappa shape index (κ1) is 12.3. The average molecular weight is 240 g/mol. The molecule has 2 N–H and O–H groups in total. The van der Waals surface area contributed by atoms with Crippen molar-refractivity contribution in [3.05, 3.63) is 59.9 Å². The standard InChI is InChI=1S/C13H12BN2O2/c15-9-11-5-7-16(8-6-11)10-12-1-3-13(4-2-12)14(17)18/h1-8,17-18H,10H2/q+1/i15+1. The van der Waals surface area contributed by atoms with Crippen molar-refractivity contribution in [2.75, 3.05) is 0 Å². The Balaban J connectivity index is 2.11. The molecule has 0 unspecified atom stereocenters. The average Bonchev–Trinajstić information content (AvgIpc) is 2.40. The lowest BCUT2D eigenvalue weighted by Crippen LogP contribution is -2.34. The molecule has 4 nitrogen and oxygen atoms in total. The summed E-state index contributed by atoms with van der Waals surface area (Å²) in [5.41, 5.74) is 2.16. The molecule has 0 saturated heterocycles. The van der Waals surface area contributed by atoms with Gasteiger partial charge in [-0.1, -0.05) is 24.3 Å². The monoisotopic (exact) mass is 240 g/mol. The molecule has 0 radical (unpaired) electrons. The maximum Gasteiger partial charge on any atom is 0.488 e. The summed E-state index contributed by atoms with van der Waals surface area (Å²) >= 11 is 0. The molecule has 2 rings (SSSR count). The van der Waals surface area contributed by atoms with Crippen LogP contribution in [0.25, 0.3) is 0 Å². The second kappa shape index (κ2) is 5.45. The van der Waals surface area contributed by atoms with Gasteiger partial charge in [-0.05, 0) is 5.46 Å². The van der Waals surface area contributed by atoms with Gasteiger partial charge in [0.15, 0.2) is 18.9 Å². The van der Waals surface area contributed by atoms with Crippen molar-refractivity contribution in [1.82, 2.24) is 0 Å². The van der Waals surface area contributed by atoms with E-state index in [9.17, 15) is 0 Å². The summed E-state index contributed by atoms with van der Waals surface area (Å²) < 4.78 is 1.95.